The zero-order chi connectivity index (χ0) is 22.2. The van der Waals surface area contributed by atoms with E-state index in [4.69, 9.17) is 30.3 Å². The monoisotopic (exact) mass is 478 g/mol. The van der Waals surface area contributed by atoms with Gasteiger partial charge < -0.3 is 19.3 Å². The summed E-state index contributed by atoms with van der Waals surface area (Å²) in [7, 11) is -8.85. The lowest BCUT2D eigenvalue weighted by Gasteiger charge is -2.11. The fourth-order valence-corrected chi connectivity index (χ4v) is 5.26. The minimum Gasteiger partial charge on any atom is -0.490 e. The average molecular weight is 478 g/mol. The molecular formula is C12H15N8O7PS2. The van der Waals surface area contributed by atoms with Crippen LogP contribution < -0.4 is 14.2 Å². The van der Waals surface area contributed by atoms with Crippen LogP contribution in [0.4, 0.5) is 0 Å². The van der Waals surface area contributed by atoms with Crippen molar-refractivity contribution >= 4 is 39.2 Å². The highest BCUT2D eigenvalue weighted by atomic mass is 32.2. The normalized spacial score (nSPS) is 11.5. The van der Waals surface area contributed by atoms with Gasteiger partial charge in [-0.1, -0.05) is 10.2 Å². The molecule has 0 aliphatic carbocycles. The summed E-state index contributed by atoms with van der Waals surface area (Å²) in [6.07, 6.45) is -1.06. The lowest BCUT2D eigenvalue weighted by molar-refractivity contribution is 0.278. The maximum atomic E-state index is 12.2. The van der Waals surface area contributed by atoms with Crippen molar-refractivity contribution in [2.45, 2.75) is 4.34 Å². The highest BCUT2D eigenvalue weighted by Gasteiger charge is 2.24. The predicted molar refractivity (Wildman–Crippen MR) is 106 cm³/mol. The molecule has 0 radical (unpaired) electrons. The second kappa shape index (κ2) is 10.4. The van der Waals surface area contributed by atoms with Crippen LogP contribution in [0.3, 0.4) is 0 Å². The van der Waals surface area contributed by atoms with Crippen LogP contribution in [0.25, 0.3) is 31.1 Å². The summed E-state index contributed by atoms with van der Waals surface area (Å²) in [5.41, 5.74) is 16.9. The molecule has 15 nitrogen and oxygen atoms in total. The molecule has 1 aromatic heterocycles. The summed E-state index contributed by atoms with van der Waals surface area (Å²) in [6.45, 7) is 0.120. The van der Waals surface area contributed by atoms with E-state index < -0.39 is 28.2 Å². The van der Waals surface area contributed by atoms with E-state index in [1.807, 2.05) is 0 Å². The lowest BCUT2D eigenvalue weighted by atomic mass is 10.3. The fourth-order valence-electron chi connectivity index (χ4n) is 1.97. The first-order valence-corrected chi connectivity index (χ1v) is 12.0. The number of hydrogen-bond acceptors (Lipinski definition) is 9. The quantitative estimate of drug-likeness (QED) is 0.134. The molecule has 30 heavy (non-hydrogen) atoms. The number of sulfonamides is 1. The average Bonchev–Trinajstić information content (AvgIpc) is 3.10. The highest BCUT2D eigenvalue weighted by molar-refractivity contribution is 7.91. The Hall–Kier alpha value is -2.61. The molecule has 0 aliphatic rings. The molecule has 0 fully saturated rings. The highest BCUT2D eigenvalue weighted by Crippen LogP contribution is 2.37. The van der Waals surface area contributed by atoms with Crippen molar-refractivity contribution < 1.29 is 32.2 Å². The van der Waals surface area contributed by atoms with E-state index in [1.165, 1.54) is 12.1 Å². The Morgan fingerprint density at radius 2 is 1.70 bits per heavy atom. The van der Waals surface area contributed by atoms with Crippen LogP contribution in [0.15, 0.2) is 26.7 Å². The van der Waals surface area contributed by atoms with Crippen LogP contribution in [0.5, 0.6) is 11.5 Å². The van der Waals surface area contributed by atoms with Gasteiger partial charge in [0, 0.05) is 22.0 Å². The van der Waals surface area contributed by atoms with Crippen molar-refractivity contribution in [1.29, 1.82) is 0 Å². The first kappa shape index (κ1) is 23.7. The number of nitrogens with one attached hydrogen (secondary N) is 1. The Labute approximate surface area is 173 Å². The Kier molecular flexibility index (Phi) is 8.23. The molecule has 0 aliphatic heterocycles. The Morgan fingerprint density at radius 1 is 1.13 bits per heavy atom. The predicted octanol–water partition coefficient (Wildman–Crippen LogP) is 2.09. The van der Waals surface area contributed by atoms with Crippen molar-refractivity contribution in [3.63, 3.8) is 0 Å². The van der Waals surface area contributed by atoms with Crippen molar-refractivity contribution in [1.82, 2.24) is 9.71 Å². The van der Waals surface area contributed by atoms with Crippen molar-refractivity contribution in [2.75, 3.05) is 32.6 Å². The number of thiazole rings is 1. The summed E-state index contributed by atoms with van der Waals surface area (Å²) < 4.78 is 48.2. The zero-order valence-electron chi connectivity index (χ0n) is 15.0. The number of benzene rings is 1. The number of azide groups is 2. The number of fused-ring (bicyclic) bond motifs is 1. The van der Waals surface area contributed by atoms with E-state index in [1.54, 1.807) is 4.72 Å². The Balaban J connectivity index is 2.34. The Morgan fingerprint density at radius 3 is 2.23 bits per heavy atom. The van der Waals surface area contributed by atoms with Gasteiger partial charge in [0.05, 0.1) is 36.5 Å². The van der Waals surface area contributed by atoms with Gasteiger partial charge in [-0.25, -0.2) is 13.4 Å². The molecule has 0 saturated carbocycles. The van der Waals surface area contributed by atoms with Crippen LogP contribution in [-0.2, 0) is 14.6 Å². The number of rotatable bonds is 12. The summed E-state index contributed by atoms with van der Waals surface area (Å²) in [5, 5.41) is 6.68. The van der Waals surface area contributed by atoms with Gasteiger partial charge in [-0.3, -0.25) is 4.57 Å². The van der Waals surface area contributed by atoms with Crippen LogP contribution in [0.2, 0.25) is 0 Å². The van der Waals surface area contributed by atoms with E-state index in [-0.39, 0.29) is 43.3 Å². The van der Waals surface area contributed by atoms with Crippen LogP contribution in [-0.4, -0.2) is 55.8 Å². The largest absolute Gasteiger partial charge is 0.490 e. The minimum absolute atomic E-state index is 0.0153. The van der Waals surface area contributed by atoms with E-state index in [9.17, 15) is 13.0 Å². The van der Waals surface area contributed by atoms with E-state index >= 15 is 0 Å². The van der Waals surface area contributed by atoms with Gasteiger partial charge in [0.2, 0.25) is 4.34 Å². The summed E-state index contributed by atoms with van der Waals surface area (Å²) >= 11 is 0.755. The molecule has 0 bridgehead atoms. The molecule has 0 spiro atoms. The molecular weight excluding hydrogens is 463 g/mol. The standard InChI is InChI=1S/C12H15N8O7PS2/c13-19-15-1-3-26-9-5-8-11(6-10(9)27-4-2-16-20-14)29-12(18-8)30(24,25)17-7-28(21,22)23/h5-6,17H,1-4,7H2,(H2,21,22,23). The van der Waals surface area contributed by atoms with Gasteiger partial charge in [0.15, 0.2) is 11.5 Å². The lowest BCUT2D eigenvalue weighted by Crippen LogP contribution is -2.24. The number of aromatic nitrogens is 1. The van der Waals surface area contributed by atoms with Crippen molar-refractivity contribution in [2.24, 2.45) is 10.2 Å². The van der Waals surface area contributed by atoms with Crippen LogP contribution in [0.1, 0.15) is 0 Å². The summed E-state index contributed by atoms with van der Waals surface area (Å²) in [6, 6.07) is 2.88. The number of nitrogens with zero attached hydrogens (tertiary/aromatic N) is 7. The molecule has 3 N–H and O–H groups in total. The SMILES string of the molecule is [N-]=[N+]=NCCOc1cc2nc(S(=O)(=O)NCP(=O)(O)O)sc2cc1OCCN=[N+]=[N-]. The van der Waals surface area contributed by atoms with Gasteiger partial charge in [0.1, 0.15) is 6.29 Å². The van der Waals surface area contributed by atoms with Crippen LogP contribution in [0, 0.1) is 0 Å². The molecule has 2 aromatic rings. The van der Waals surface area contributed by atoms with Gasteiger partial charge in [0.25, 0.3) is 10.0 Å². The summed E-state index contributed by atoms with van der Waals surface area (Å²) in [4.78, 5) is 26.9. The van der Waals surface area contributed by atoms with Crippen molar-refractivity contribution in [3.05, 3.63) is 33.0 Å². The fraction of sp³-hybridized carbons (Fsp3) is 0.417. The van der Waals surface area contributed by atoms with E-state index in [0.717, 1.165) is 11.3 Å². The first-order valence-electron chi connectivity index (χ1n) is 7.92. The van der Waals surface area contributed by atoms with E-state index in [2.05, 4.69) is 25.0 Å². The smallest absolute Gasteiger partial charge is 0.340 e. The third-order valence-electron chi connectivity index (χ3n) is 3.15. The maximum Gasteiger partial charge on any atom is 0.340 e. The molecule has 0 saturated heterocycles. The topological polar surface area (TPSA) is 233 Å². The van der Waals surface area contributed by atoms with Crippen molar-refractivity contribution in [3.8, 4) is 11.5 Å². The second-order valence-corrected chi connectivity index (χ2v) is 9.94. The summed E-state index contributed by atoms with van der Waals surface area (Å²) in [5.74, 6) is 0.404. The van der Waals surface area contributed by atoms with Gasteiger partial charge in [-0.15, -0.1) is 11.3 Å². The molecule has 1 aromatic carbocycles. The van der Waals surface area contributed by atoms with Crippen LogP contribution >= 0.6 is 18.9 Å². The molecule has 0 unspecified atom stereocenters. The molecule has 18 heteroatoms. The first-order chi connectivity index (χ1) is 14.2. The third kappa shape index (κ3) is 7.02. The number of ether oxygens (including phenoxy) is 2. The molecule has 0 amide bonds. The molecule has 162 valence electrons. The molecule has 1 heterocycles. The minimum atomic E-state index is -4.59. The third-order valence-corrected chi connectivity index (χ3v) is 6.73. The Bertz CT molecular complexity index is 1090. The van der Waals surface area contributed by atoms with Gasteiger partial charge in [-0.05, 0) is 11.1 Å². The molecule has 0 atom stereocenters. The van der Waals surface area contributed by atoms with Gasteiger partial charge >= 0.3 is 7.60 Å². The zero-order valence-corrected chi connectivity index (χ0v) is 17.5. The number of hydrogen-bond donors (Lipinski definition) is 3. The second-order valence-electron chi connectivity index (χ2n) is 5.32. The van der Waals surface area contributed by atoms with E-state index in [0.29, 0.717) is 4.70 Å². The maximum absolute atomic E-state index is 12.2. The molecule has 2 rings (SSSR count). The van der Waals surface area contributed by atoms with Gasteiger partial charge in [-0.2, -0.15) is 4.72 Å².